The summed E-state index contributed by atoms with van der Waals surface area (Å²) in [6, 6.07) is 0. The third-order valence-electron chi connectivity index (χ3n) is 3.55. The van der Waals surface area contributed by atoms with Crippen LogP contribution in [0.25, 0.3) is 0 Å². The number of hydrogen-bond acceptors (Lipinski definition) is 4. The molecule has 0 aromatic heterocycles. The van der Waals surface area contributed by atoms with Crippen LogP contribution in [0.3, 0.4) is 0 Å². The monoisotopic (exact) mass is 231 g/mol. The van der Waals surface area contributed by atoms with E-state index < -0.39 is 6.10 Å². The molecule has 1 rings (SSSR count). The van der Waals surface area contributed by atoms with Gasteiger partial charge in [0.05, 0.1) is 24.9 Å². The first-order valence-electron chi connectivity index (χ1n) is 6.07. The van der Waals surface area contributed by atoms with Crippen molar-refractivity contribution in [1.82, 2.24) is 5.06 Å². The first-order valence-corrected chi connectivity index (χ1v) is 6.07. The summed E-state index contributed by atoms with van der Waals surface area (Å²) in [6.45, 7) is 8.79. The summed E-state index contributed by atoms with van der Waals surface area (Å²) in [5.74, 6) is 0. The van der Waals surface area contributed by atoms with E-state index >= 15 is 0 Å². The minimum Gasteiger partial charge on any atom is -0.391 e. The molecule has 1 fully saturated rings. The van der Waals surface area contributed by atoms with Gasteiger partial charge in [-0.1, -0.05) is 6.92 Å². The summed E-state index contributed by atoms with van der Waals surface area (Å²) in [5.41, 5.74) is -0.502. The first kappa shape index (κ1) is 13.9. The molecule has 1 heterocycles. The van der Waals surface area contributed by atoms with Crippen LogP contribution in [-0.2, 0) is 4.74 Å². The smallest absolute Gasteiger partial charge is 0.0771 e. The van der Waals surface area contributed by atoms with Gasteiger partial charge in [-0.05, 0) is 40.0 Å². The number of aliphatic hydroxyl groups is 1. The van der Waals surface area contributed by atoms with Gasteiger partial charge in [-0.2, -0.15) is 5.06 Å². The fourth-order valence-electron chi connectivity index (χ4n) is 2.18. The molecule has 0 bridgehead atoms. The van der Waals surface area contributed by atoms with Crippen molar-refractivity contribution < 1.29 is 15.1 Å². The zero-order chi connectivity index (χ0) is 12.4. The van der Waals surface area contributed by atoms with Gasteiger partial charge in [0.2, 0.25) is 0 Å². The number of hydroxylamine groups is 2. The van der Waals surface area contributed by atoms with Gasteiger partial charge in [0, 0.05) is 5.54 Å². The lowest BCUT2D eigenvalue weighted by atomic mass is 10.00. The van der Waals surface area contributed by atoms with E-state index in [4.69, 9.17) is 4.74 Å². The number of aliphatic hydroxyl groups excluding tert-OH is 1. The molecule has 0 aliphatic carbocycles. The summed E-state index contributed by atoms with van der Waals surface area (Å²) < 4.78 is 5.49. The zero-order valence-electron chi connectivity index (χ0n) is 10.9. The Bertz CT molecular complexity index is 232. The predicted octanol–water partition coefficient (Wildman–Crippen LogP) is 1.80. The third kappa shape index (κ3) is 2.94. The molecule has 1 aliphatic rings. The Balaban J connectivity index is 2.42. The van der Waals surface area contributed by atoms with Crippen LogP contribution in [0, 0.1) is 0 Å². The molecule has 0 radical (unpaired) electrons. The highest BCUT2D eigenvalue weighted by Gasteiger charge is 2.47. The Labute approximate surface area is 98.2 Å². The molecule has 0 aromatic rings. The van der Waals surface area contributed by atoms with Crippen LogP contribution in [0.5, 0.6) is 0 Å². The molecule has 0 aromatic carbocycles. The minimum atomic E-state index is -0.398. The Morgan fingerprint density at radius 2 is 1.94 bits per heavy atom. The van der Waals surface area contributed by atoms with Crippen molar-refractivity contribution in [3.05, 3.63) is 0 Å². The number of ether oxygens (including phenoxy) is 1. The SMILES string of the molecule is CCC(O)COCC1(C)CCC(C)(C)N1O. The molecular formula is C12H25NO3. The van der Waals surface area contributed by atoms with E-state index in [-0.39, 0.29) is 11.1 Å². The average molecular weight is 231 g/mol. The molecular weight excluding hydrogens is 206 g/mol. The highest BCUT2D eigenvalue weighted by Crippen LogP contribution is 2.39. The van der Waals surface area contributed by atoms with Gasteiger partial charge in [0.15, 0.2) is 0 Å². The highest BCUT2D eigenvalue weighted by atomic mass is 16.5. The van der Waals surface area contributed by atoms with Gasteiger partial charge in [0.25, 0.3) is 0 Å². The normalized spacial score (nSPS) is 31.9. The molecule has 0 amide bonds. The molecule has 96 valence electrons. The lowest BCUT2D eigenvalue weighted by Crippen LogP contribution is -2.50. The van der Waals surface area contributed by atoms with E-state index in [1.807, 2.05) is 27.7 Å². The largest absolute Gasteiger partial charge is 0.391 e. The van der Waals surface area contributed by atoms with Crippen LogP contribution in [-0.4, -0.2) is 45.8 Å². The van der Waals surface area contributed by atoms with Crippen molar-refractivity contribution in [2.45, 2.75) is 64.1 Å². The van der Waals surface area contributed by atoms with Crippen molar-refractivity contribution in [2.75, 3.05) is 13.2 Å². The van der Waals surface area contributed by atoms with E-state index in [2.05, 4.69) is 0 Å². The molecule has 4 nitrogen and oxygen atoms in total. The quantitative estimate of drug-likeness (QED) is 0.757. The second-order valence-corrected chi connectivity index (χ2v) is 5.70. The molecule has 0 saturated carbocycles. The summed E-state index contributed by atoms with van der Waals surface area (Å²) in [4.78, 5) is 0. The van der Waals surface area contributed by atoms with Crippen LogP contribution in [0.1, 0.15) is 47.0 Å². The summed E-state index contributed by atoms with van der Waals surface area (Å²) in [5, 5.41) is 20.9. The Morgan fingerprint density at radius 1 is 1.31 bits per heavy atom. The maximum atomic E-state index is 10.1. The van der Waals surface area contributed by atoms with Crippen molar-refractivity contribution in [2.24, 2.45) is 0 Å². The third-order valence-corrected chi connectivity index (χ3v) is 3.55. The van der Waals surface area contributed by atoms with E-state index in [9.17, 15) is 10.3 Å². The van der Waals surface area contributed by atoms with Gasteiger partial charge in [-0.3, -0.25) is 0 Å². The van der Waals surface area contributed by atoms with Crippen molar-refractivity contribution >= 4 is 0 Å². The second kappa shape index (κ2) is 5.00. The van der Waals surface area contributed by atoms with E-state index in [1.165, 1.54) is 5.06 Å². The molecule has 2 unspecified atom stereocenters. The molecule has 2 N–H and O–H groups in total. The maximum Gasteiger partial charge on any atom is 0.0771 e. The molecule has 1 aliphatic heterocycles. The predicted molar refractivity (Wildman–Crippen MR) is 62.5 cm³/mol. The number of nitrogens with zero attached hydrogens (tertiary/aromatic N) is 1. The van der Waals surface area contributed by atoms with Gasteiger partial charge in [0.1, 0.15) is 0 Å². The molecule has 1 saturated heterocycles. The van der Waals surface area contributed by atoms with Crippen LogP contribution in [0.15, 0.2) is 0 Å². The van der Waals surface area contributed by atoms with Crippen molar-refractivity contribution in [3.63, 3.8) is 0 Å². The summed E-state index contributed by atoms with van der Waals surface area (Å²) >= 11 is 0. The van der Waals surface area contributed by atoms with Gasteiger partial charge in [-0.15, -0.1) is 0 Å². The zero-order valence-corrected chi connectivity index (χ0v) is 10.9. The van der Waals surface area contributed by atoms with Crippen LogP contribution in [0.2, 0.25) is 0 Å². The van der Waals surface area contributed by atoms with Gasteiger partial charge in [-0.25, -0.2) is 0 Å². The first-order chi connectivity index (χ1) is 7.32. The fourth-order valence-corrected chi connectivity index (χ4v) is 2.18. The van der Waals surface area contributed by atoms with Gasteiger partial charge >= 0.3 is 0 Å². The second-order valence-electron chi connectivity index (χ2n) is 5.70. The Morgan fingerprint density at radius 3 is 2.38 bits per heavy atom. The van der Waals surface area contributed by atoms with E-state index in [0.717, 1.165) is 12.8 Å². The Kier molecular flexibility index (Phi) is 4.35. The minimum absolute atomic E-state index is 0.179. The maximum absolute atomic E-state index is 10.1. The number of hydrogen-bond donors (Lipinski definition) is 2. The average Bonchev–Trinajstić information content (AvgIpc) is 2.43. The fraction of sp³-hybridized carbons (Fsp3) is 1.00. The Hall–Kier alpha value is -0.160. The van der Waals surface area contributed by atoms with Crippen LogP contribution in [0.4, 0.5) is 0 Å². The molecule has 4 heteroatoms. The van der Waals surface area contributed by atoms with Crippen molar-refractivity contribution in [1.29, 1.82) is 0 Å². The van der Waals surface area contributed by atoms with E-state index in [0.29, 0.717) is 19.6 Å². The molecule has 16 heavy (non-hydrogen) atoms. The van der Waals surface area contributed by atoms with E-state index in [1.54, 1.807) is 0 Å². The lowest BCUT2D eigenvalue weighted by Gasteiger charge is -2.36. The summed E-state index contributed by atoms with van der Waals surface area (Å²) in [6.07, 6.45) is 2.17. The van der Waals surface area contributed by atoms with Crippen LogP contribution >= 0.6 is 0 Å². The topological polar surface area (TPSA) is 52.9 Å². The summed E-state index contributed by atoms with van der Waals surface area (Å²) in [7, 11) is 0. The van der Waals surface area contributed by atoms with Gasteiger partial charge < -0.3 is 15.1 Å². The lowest BCUT2D eigenvalue weighted by molar-refractivity contribution is -0.212. The van der Waals surface area contributed by atoms with Crippen molar-refractivity contribution in [3.8, 4) is 0 Å². The standard InChI is InChI=1S/C12H25NO3/c1-5-10(14)8-16-9-12(4)7-6-11(2,3)13(12)15/h10,14-15H,5-9H2,1-4H3. The molecule has 0 spiro atoms. The highest BCUT2D eigenvalue weighted by molar-refractivity contribution is 4.98. The van der Waals surface area contributed by atoms with Crippen LogP contribution < -0.4 is 0 Å². The molecule has 2 atom stereocenters. The number of rotatable bonds is 5.